The van der Waals surface area contributed by atoms with E-state index in [1.54, 1.807) is 12.3 Å². The second-order valence-electron chi connectivity index (χ2n) is 4.30. The first-order chi connectivity index (χ1) is 9.93. The van der Waals surface area contributed by atoms with E-state index < -0.39 is 30.4 Å². The van der Waals surface area contributed by atoms with E-state index in [1.807, 2.05) is 0 Å². The van der Waals surface area contributed by atoms with E-state index in [4.69, 9.17) is 0 Å². The zero-order valence-electron chi connectivity index (χ0n) is 11.4. The van der Waals surface area contributed by atoms with E-state index in [-0.39, 0.29) is 11.4 Å². The first-order valence-corrected chi connectivity index (χ1v) is 6.86. The van der Waals surface area contributed by atoms with Gasteiger partial charge in [-0.3, -0.25) is 14.5 Å². The number of aryl methyl sites for hydroxylation is 1. The Kier molecular flexibility index (Phi) is 4.22. The lowest BCUT2D eigenvalue weighted by atomic mass is 10.2. The van der Waals surface area contributed by atoms with Crippen molar-refractivity contribution >= 4 is 40.8 Å². The summed E-state index contributed by atoms with van der Waals surface area (Å²) in [7, 11) is 1.25. The molecule has 2 heterocycles. The third-order valence-corrected chi connectivity index (χ3v) is 3.93. The number of thiophene rings is 1. The Morgan fingerprint density at radius 2 is 2.19 bits per heavy atom. The minimum Gasteiger partial charge on any atom is -0.465 e. The maximum absolute atomic E-state index is 11.9. The molecule has 4 amide bonds. The average Bonchev–Trinajstić information content (AvgIpc) is 2.96. The quantitative estimate of drug-likeness (QED) is 0.616. The second kappa shape index (κ2) is 5.92. The molecule has 1 aliphatic rings. The molecule has 21 heavy (non-hydrogen) atoms. The van der Waals surface area contributed by atoms with Gasteiger partial charge in [-0.25, -0.2) is 9.59 Å². The number of ether oxygens (including phenoxy) is 1. The Balaban J connectivity index is 2.10. The molecule has 112 valence electrons. The lowest BCUT2D eigenvalue weighted by Gasteiger charge is -2.12. The van der Waals surface area contributed by atoms with Crippen LogP contribution in [0.3, 0.4) is 0 Å². The van der Waals surface area contributed by atoms with Gasteiger partial charge >= 0.3 is 12.0 Å². The molecule has 0 saturated carbocycles. The zero-order chi connectivity index (χ0) is 15.6. The van der Waals surface area contributed by atoms with Gasteiger partial charge in [0.1, 0.15) is 11.4 Å². The number of hydrogen-bond donors (Lipinski definition) is 2. The smallest absolute Gasteiger partial charge is 0.350 e. The molecule has 0 unspecified atom stereocenters. The SMILES string of the molecule is COC(=O)c1scc(C)c1NC(=O)CN1C(=O)CNC1=O. The Labute approximate surface area is 124 Å². The first kappa shape index (κ1) is 15.0. The minimum atomic E-state index is -0.606. The molecule has 1 saturated heterocycles. The van der Waals surface area contributed by atoms with Crippen molar-refractivity contribution in [3.8, 4) is 0 Å². The van der Waals surface area contributed by atoms with Gasteiger partial charge in [-0.05, 0) is 17.9 Å². The summed E-state index contributed by atoms with van der Waals surface area (Å²) in [4.78, 5) is 47.4. The number of amides is 4. The Morgan fingerprint density at radius 1 is 1.48 bits per heavy atom. The molecule has 0 spiro atoms. The number of nitrogens with zero attached hydrogens (tertiary/aromatic N) is 1. The Bertz CT molecular complexity index is 608. The molecule has 1 fully saturated rings. The fraction of sp³-hybridized carbons (Fsp3) is 0.333. The molecule has 0 atom stereocenters. The number of esters is 1. The molecule has 0 radical (unpaired) electrons. The van der Waals surface area contributed by atoms with Crippen molar-refractivity contribution < 1.29 is 23.9 Å². The monoisotopic (exact) mass is 311 g/mol. The highest BCUT2D eigenvalue weighted by Crippen LogP contribution is 2.28. The van der Waals surface area contributed by atoms with Crippen molar-refractivity contribution in [2.75, 3.05) is 25.5 Å². The molecule has 1 aromatic heterocycles. The largest absolute Gasteiger partial charge is 0.465 e. The number of carbonyl (C=O) groups is 4. The van der Waals surface area contributed by atoms with Crippen LogP contribution in [0.4, 0.5) is 10.5 Å². The summed E-state index contributed by atoms with van der Waals surface area (Å²) >= 11 is 1.15. The van der Waals surface area contributed by atoms with Gasteiger partial charge in [0.2, 0.25) is 5.91 Å². The molecule has 0 bridgehead atoms. The predicted molar refractivity (Wildman–Crippen MR) is 74.1 cm³/mol. The number of rotatable bonds is 4. The van der Waals surface area contributed by atoms with Crippen LogP contribution in [0, 0.1) is 6.92 Å². The van der Waals surface area contributed by atoms with Crippen LogP contribution < -0.4 is 10.6 Å². The van der Waals surface area contributed by atoms with Gasteiger partial charge in [0.15, 0.2) is 0 Å². The summed E-state index contributed by atoms with van der Waals surface area (Å²) in [6, 6.07) is -0.606. The highest BCUT2D eigenvalue weighted by atomic mass is 32.1. The van der Waals surface area contributed by atoms with E-state index in [0.717, 1.165) is 16.2 Å². The Morgan fingerprint density at radius 3 is 2.76 bits per heavy atom. The lowest BCUT2D eigenvalue weighted by Crippen LogP contribution is -2.38. The maximum Gasteiger partial charge on any atom is 0.350 e. The van der Waals surface area contributed by atoms with E-state index in [2.05, 4.69) is 15.4 Å². The summed E-state index contributed by atoms with van der Waals surface area (Å²) in [6.45, 7) is 1.21. The van der Waals surface area contributed by atoms with Crippen LogP contribution in [0.25, 0.3) is 0 Å². The van der Waals surface area contributed by atoms with Gasteiger partial charge < -0.3 is 15.4 Å². The molecule has 8 nitrogen and oxygen atoms in total. The number of urea groups is 1. The van der Waals surface area contributed by atoms with Crippen molar-refractivity contribution in [2.24, 2.45) is 0 Å². The number of carbonyl (C=O) groups excluding carboxylic acids is 4. The van der Waals surface area contributed by atoms with Gasteiger partial charge in [-0.2, -0.15) is 0 Å². The fourth-order valence-corrected chi connectivity index (χ4v) is 2.70. The van der Waals surface area contributed by atoms with Gasteiger partial charge in [0.05, 0.1) is 19.3 Å². The van der Waals surface area contributed by atoms with Gasteiger partial charge in [-0.15, -0.1) is 11.3 Å². The molecular formula is C12H13N3O5S. The van der Waals surface area contributed by atoms with Crippen LogP contribution >= 0.6 is 11.3 Å². The van der Waals surface area contributed by atoms with Crippen LogP contribution in [-0.2, 0) is 14.3 Å². The van der Waals surface area contributed by atoms with Gasteiger partial charge in [-0.1, -0.05) is 0 Å². The molecule has 0 aliphatic carbocycles. The highest BCUT2D eigenvalue weighted by Gasteiger charge is 2.30. The van der Waals surface area contributed by atoms with Gasteiger partial charge in [0.25, 0.3) is 5.91 Å². The summed E-state index contributed by atoms with van der Waals surface area (Å²) in [6.07, 6.45) is 0. The normalized spacial score (nSPS) is 14.1. The first-order valence-electron chi connectivity index (χ1n) is 5.98. The number of hydrogen-bond acceptors (Lipinski definition) is 6. The van der Waals surface area contributed by atoms with Crippen LogP contribution in [0.15, 0.2) is 5.38 Å². The van der Waals surface area contributed by atoms with Crippen LogP contribution in [-0.4, -0.2) is 48.9 Å². The molecule has 1 aromatic rings. The summed E-state index contributed by atoms with van der Waals surface area (Å²) < 4.78 is 4.63. The highest BCUT2D eigenvalue weighted by molar-refractivity contribution is 7.12. The molecule has 2 N–H and O–H groups in total. The summed E-state index contributed by atoms with van der Waals surface area (Å²) in [5.41, 5.74) is 1.04. The van der Waals surface area contributed by atoms with Crippen LogP contribution in [0.1, 0.15) is 15.2 Å². The average molecular weight is 311 g/mol. The zero-order valence-corrected chi connectivity index (χ0v) is 12.2. The number of nitrogens with one attached hydrogen (secondary N) is 2. The fourth-order valence-electron chi connectivity index (χ4n) is 1.78. The van der Waals surface area contributed by atoms with Crippen LogP contribution in [0.2, 0.25) is 0 Å². The predicted octanol–water partition coefficient (Wildman–Crippen LogP) is 0.333. The van der Waals surface area contributed by atoms with Crippen molar-refractivity contribution in [1.29, 1.82) is 0 Å². The third kappa shape index (κ3) is 3.02. The second-order valence-corrected chi connectivity index (χ2v) is 5.18. The van der Waals surface area contributed by atoms with Gasteiger partial charge in [0, 0.05) is 0 Å². The van der Waals surface area contributed by atoms with Crippen LogP contribution in [0.5, 0.6) is 0 Å². The summed E-state index contributed by atoms with van der Waals surface area (Å²) in [5, 5.41) is 6.56. The van der Waals surface area contributed by atoms with Crippen molar-refractivity contribution in [2.45, 2.75) is 6.92 Å². The number of imide groups is 1. The van der Waals surface area contributed by atoms with E-state index in [0.29, 0.717) is 11.3 Å². The maximum atomic E-state index is 11.9. The molecule has 2 rings (SSSR count). The number of anilines is 1. The molecular weight excluding hydrogens is 298 g/mol. The van der Waals surface area contributed by atoms with E-state index in [1.165, 1.54) is 7.11 Å². The minimum absolute atomic E-state index is 0.114. The third-order valence-electron chi connectivity index (χ3n) is 2.85. The van der Waals surface area contributed by atoms with E-state index >= 15 is 0 Å². The Hall–Kier alpha value is -2.42. The van der Waals surface area contributed by atoms with E-state index in [9.17, 15) is 19.2 Å². The topological polar surface area (TPSA) is 105 Å². The number of methoxy groups -OCH3 is 1. The van der Waals surface area contributed by atoms with Crippen molar-refractivity contribution in [1.82, 2.24) is 10.2 Å². The standard InChI is InChI=1S/C12H13N3O5S/c1-6-5-21-10(11(18)20-2)9(6)14-7(16)4-15-8(17)3-13-12(15)19/h5H,3-4H2,1-2H3,(H,13,19)(H,14,16). The lowest BCUT2D eigenvalue weighted by molar-refractivity contribution is -0.128. The van der Waals surface area contributed by atoms with Crippen molar-refractivity contribution in [3.63, 3.8) is 0 Å². The molecule has 0 aromatic carbocycles. The van der Waals surface area contributed by atoms with Crippen molar-refractivity contribution in [3.05, 3.63) is 15.8 Å². The summed E-state index contributed by atoms with van der Waals surface area (Å²) in [5.74, 6) is -1.59. The molecule has 1 aliphatic heterocycles. The molecule has 9 heteroatoms.